The summed E-state index contributed by atoms with van der Waals surface area (Å²) in [5, 5.41) is 0.843. The van der Waals surface area contributed by atoms with Crippen molar-refractivity contribution >= 4 is 23.4 Å². The van der Waals surface area contributed by atoms with Crippen molar-refractivity contribution in [3.63, 3.8) is 0 Å². The van der Waals surface area contributed by atoms with Crippen molar-refractivity contribution in [3.05, 3.63) is 58.6 Å². The summed E-state index contributed by atoms with van der Waals surface area (Å²) in [5.41, 5.74) is 2.85. The minimum absolute atomic E-state index is 0.408. The Hall–Kier alpha value is -1.04. The zero-order valence-corrected chi connectivity index (χ0v) is 17.8. The highest BCUT2D eigenvalue weighted by Gasteiger charge is 2.30. The molecule has 2 heterocycles. The van der Waals surface area contributed by atoms with Crippen LogP contribution in [0.1, 0.15) is 17.2 Å². The lowest BCUT2D eigenvalue weighted by Gasteiger charge is -2.40. The average Bonchev–Trinajstić information content (AvgIpc) is 2.83. The molecule has 27 heavy (non-hydrogen) atoms. The van der Waals surface area contributed by atoms with Crippen molar-refractivity contribution in [2.24, 2.45) is 0 Å². The summed E-state index contributed by atoms with van der Waals surface area (Å²) in [6.07, 6.45) is 1.06. The number of piperazine rings is 1. The number of benzene rings is 2. The van der Waals surface area contributed by atoms with Gasteiger partial charge in [0, 0.05) is 60.1 Å². The van der Waals surface area contributed by atoms with Gasteiger partial charge in [-0.2, -0.15) is 0 Å². The largest absolute Gasteiger partial charge is 0.308 e. The molecule has 0 bridgehead atoms. The van der Waals surface area contributed by atoms with Crippen LogP contribution in [-0.2, 0) is 6.42 Å². The van der Waals surface area contributed by atoms with E-state index in [2.05, 4.69) is 65.2 Å². The quantitative estimate of drug-likeness (QED) is 0.756. The molecular formula is C22H28ClN3S. The number of hydrogen-bond donors (Lipinski definition) is 0. The zero-order valence-electron chi connectivity index (χ0n) is 16.2. The van der Waals surface area contributed by atoms with Gasteiger partial charge in [-0.15, -0.1) is 0 Å². The van der Waals surface area contributed by atoms with Gasteiger partial charge in [0.2, 0.25) is 0 Å². The Balaban J connectivity index is 1.56. The van der Waals surface area contributed by atoms with Crippen molar-refractivity contribution in [2.75, 3.05) is 53.4 Å². The van der Waals surface area contributed by atoms with E-state index >= 15 is 0 Å². The summed E-state index contributed by atoms with van der Waals surface area (Å²) in [6, 6.07) is 15.7. The number of rotatable bonds is 4. The van der Waals surface area contributed by atoms with E-state index < -0.39 is 0 Å². The third-order valence-electron chi connectivity index (χ3n) is 5.65. The van der Waals surface area contributed by atoms with E-state index in [1.165, 1.54) is 20.9 Å². The van der Waals surface area contributed by atoms with Gasteiger partial charge in [-0.25, -0.2) is 0 Å². The molecule has 0 amide bonds. The first-order valence-electron chi connectivity index (χ1n) is 9.76. The second-order valence-electron chi connectivity index (χ2n) is 7.79. The van der Waals surface area contributed by atoms with E-state index in [9.17, 15) is 0 Å². The van der Waals surface area contributed by atoms with Crippen molar-refractivity contribution in [3.8, 4) is 0 Å². The van der Waals surface area contributed by atoms with Crippen molar-refractivity contribution in [2.45, 2.75) is 22.3 Å². The fraction of sp³-hybridized carbons (Fsp3) is 0.455. The predicted octanol–water partition coefficient (Wildman–Crippen LogP) is 4.27. The molecule has 4 rings (SSSR count). The minimum atomic E-state index is 0.408. The van der Waals surface area contributed by atoms with Crippen LogP contribution in [0.2, 0.25) is 5.02 Å². The first-order chi connectivity index (χ1) is 13.1. The van der Waals surface area contributed by atoms with E-state index in [0.717, 1.165) is 50.7 Å². The summed E-state index contributed by atoms with van der Waals surface area (Å²) in [7, 11) is 4.30. The van der Waals surface area contributed by atoms with Gasteiger partial charge in [0.05, 0.1) is 0 Å². The molecule has 0 radical (unpaired) electrons. The second kappa shape index (κ2) is 8.54. The van der Waals surface area contributed by atoms with Gasteiger partial charge in [0.15, 0.2) is 0 Å². The van der Waals surface area contributed by atoms with Gasteiger partial charge >= 0.3 is 0 Å². The van der Waals surface area contributed by atoms with Gasteiger partial charge in [0.1, 0.15) is 0 Å². The van der Waals surface area contributed by atoms with Gasteiger partial charge in [-0.1, -0.05) is 41.6 Å². The molecule has 1 unspecified atom stereocenters. The number of halogens is 1. The maximum atomic E-state index is 6.40. The summed E-state index contributed by atoms with van der Waals surface area (Å²) >= 11 is 8.29. The molecule has 2 aliphatic rings. The van der Waals surface area contributed by atoms with Gasteiger partial charge in [0.25, 0.3) is 0 Å². The Kier molecular flexibility index (Phi) is 6.10. The Morgan fingerprint density at radius 1 is 1.04 bits per heavy atom. The Morgan fingerprint density at radius 2 is 1.81 bits per heavy atom. The third-order valence-corrected chi connectivity index (χ3v) is 7.09. The first-order valence-corrected chi connectivity index (χ1v) is 11.0. The van der Waals surface area contributed by atoms with Gasteiger partial charge in [-0.3, -0.25) is 9.80 Å². The van der Waals surface area contributed by atoms with E-state index in [1.54, 1.807) is 0 Å². The molecule has 2 aliphatic heterocycles. The molecular weight excluding hydrogens is 374 g/mol. The fourth-order valence-corrected chi connectivity index (χ4v) is 5.34. The monoisotopic (exact) mass is 401 g/mol. The summed E-state index contributed by atoms with van der Waals surface area (Å²) < 4.78 is 0. The van der Waals surface area contributed by atoms with E-state index in [0.29, 0.717) is 6.04 Å². The molecule has 2 aromatic carbocycles. The van der Waals surface area contributed by atoms with E-state index in [4.69, 9.17) is 11.6 Å². The third kappa shape index (κ3) is 4.52. The molecule has 1 fully saturated rings. The highest BCUT2D eigenvalue weighted by Crippen LogP contribution is 2.43. The van der Waals surface area contributed by atoms with Crippen LogP contribution in [0.5, 0.6) is 0 Å². The van der Waals surface area contributed by atoms with E-state index in [-0.39, 0.29) is 0 Å². The number of nitrogens with zero attached hydrogens (tertiary/aromatic N) is 3. The summed E-state index contributed by atoms with van der Waals surface area (Å²) in [6.45, 7) is 6.83. The van der Waals surface area contributed by atoms with Crippen molar-refractivity contribution in [1.29, 1.82) is 0 Å². The topological polar surface area (TPSA) is 9.72 Å². The molecule has 0 saturated carbocycles. The summed E-state index contributed by atoms with van der Waals surface area (Å²) in [5.74, 6) is 0. The van der Waals surface area contributed by atoms with Crippen molar-refractivity contribution < 1.29 is 0 Å². The highest BCUT2D eigenvalue weighted by atomic mass is 35.5. The maximum absolute atomic E-state index is 6.40. The molecule has 0 aromatic heterocycles. The van der Waals surface area contributed by atoms with Gasteiger partial charge in [-0.05, 0) is 55.9 Å². The molecule has 144 valence electrons. The van der Waals surface area contributed by atoms with Crippen LogP contribution in [0, 0.1) is 0 Å². The normalized spacial score (nSPS) is 21.0. The van der Waals surface area contributed by atoms with Crippen LogP contribution in [0.4, 0.5) is 0 Å². The molecule has 5 heteroatoms. The number of hydrogen-bond acceptors (Lipinski definition) is 4. The van der Waals surface area contributed by atoms with Crippen LogP contribution in [0.15, 0.2) is 52.3 Å². The van der Waals surface area contributed by atoms with Crippen LogP contribution in [0.25, 0.3) is 0 Å². The van der Waals surface area contributed by atoms with Crippen LogP contribution in [-0.4, -0.2) is 68.1 Å². The Morgan fingerprint density at radius 3 is 2.59 bits per heavy atom. The highest BCUT2D eigenvalue weighted by molar-refractivity contribution is 7.99. The molecule has 1 saturated heterocycles. The SMILES string of the molecule is CN(C)CCN1CCN(C2Cc3ccccc3Sc3ccc(Cl)cc32)CC1. The Labute approximate surface area is 172 Å². The van der Waals surface area contributed by atoms with Crippen molar-refractivity contribution in [1.82, 2.24) is 14.7 Å². The molecule has 0 aliphatic carbocycles. The molecule has 2 aromatic rings. The van der Waals surface area contributed by atoms with Crippen LogP contribution < -0.4 is 0 Å². The standard InChI is InChI=1S/C22H28ClN3S/c1-24(2)9-10-25-11-13-26(14-12-25)20-15-17-5-3-4-6-21(17)27-22-8-7-18(23)16-19(20)22/h3-8,16,20H,9-15H2,1-2H3. The molecule has 1 atom stereocenters. The smallest absolute Gasteiger partial charge is 0.0410 e. The lowest BCUT2D eigenvalue weighted by molar-refractivity contribution is 0.0902. The van der Waals surface area contributed by atoms with Crippen LogP contribution in [0.3, 0.4) is 0 Å². The summed E-state index contributed by atoms with van der Waals surface area (Å²) in [4.78, 5) is 10.3. The fourth-order valence-electron chi connectivity index (χ4n) is 4.05. The predicted molar refractivity (Wildman–Crippen MR) is 115 cm³/mol. The first kappa shape index (κ1) is 19.3. The molecule has 3 nitrogen and oxygen atoms in total. The average molecular weight is 402 g/mol. The lowest BCUT2D eigenvalue weighted by atomic mass is 9.96. The maximum Gasteiger partial charge on any atom is 0.0410 e. The Bertz CT molecular complexity index is 787. The zero-order chi connectivity index (χ0) is 18.8. The molecule has 0 N–H and O–H groups in total. The van der Waals surface area contributed by atoms with E-state index in [1.807, 2.05) is 17.8 Å². The number of fused-ring (bicyclic) bond motifs is 2. The molecule has 0 spiro atoms. The number of likely N-dealkylation sites (N-methyl/N-ethyl adjacent to an activating group) is 1. The van der Waals surface area contributed by atoms with Crippen LogP contribution >= 0.6 is 23.4 Å². The minimum Gasteiger partial charge on any atom is -0.308 e. The van der Waals surface area contributed by atoms with Gasteiger partial charge < -0.3 is 4.90 Å². The lowest BCUT2D eigenvalue weighted by Crippen LogP contribution is -2.49. The second-order valence-corrected chi connectivity index (χ2v) is 9.31.